The summed E-state index contributed by atoms with van der Waals surface area (Å²) < 4.78 is 46.1. The summed E-state index contributed by atoms with van der Waals surface area (Å²) in [4.78, 5) is 11.6. The Morgan fingerprint density at radius 2 is 1.58 bits per heavy atom. The van der Waals surface area contributed by atoms with Crippen LogP contribution in [0.5, 0.6) is 5.75 Å². The van der Waals surface area contributed by atoms with Gasteiger partial charge in [-0.15, -0.1) is 0 Å². The second-order valence-electron chi connectivity index (χ2n) is 5.69. The van der Waals surface area contributed by atoms with Gasteiger partial charge in [0.25, 0.3) is 0 Å². The molecule has 0 saturated carbocycles. The van der Waals surface area contributed by atoms with Crippen LogP contribution in [0.3, 0.4) is 0 Å². The van der Waals surface area contributed by atoms with Gasteiger partial charge in [0.1, 0.15) is 12.4 Å². The number of benzene rings is 3. The van der Waals surface area contributed by atoms with Crippen molar-refractivity contribution in [2.45, 2.75) is 12.8 Å². The summed E-state index contributed by atoms with van der Waals surface area (Å²) >= 11 is 0. The van der Waals surface area contributed by atoms with Gasteiger partial charge in [-0.25, -0.2) is 4.79 Å². The summed E-state index contributed by atoms with van der Waals surface area (Å²) in [6.45, 7) is -1.32. The molecule has 0 unspecified atom stereocenters. The molecule has 0 aromatic heterocycles. The maximum atomic E-state index is 12.1. The Hall–Kier alpha value is -3.02. The first kappa shape index (κ1) is 17.8. The average molecular weight is 360 g/mol. The lowest BCUT2D eigenvalue weighted by atomic mass is 10.1. The number of esters is 1. The Morgan fingerprint density at radius 1 is 0.885 bits per heavy atom. The number of fused-ring (bicyclic) bond motifs is 1. The van der Waals surface area contributed by atoms with E-state index in [4.69, 9.17) is 4.74 Å². The van der Waals surface area contributed by atoms with Gasteiger partial charge in [-0.2, -0.15) is 13.2 Å². The van der Waals surface area contributed by atoms with Gasteiger partial charge in [0.05, 0.1) is 5.56 Å². The molecule has 0 aliphatic rings. The lowest BCUT2D eigenvalue weighted by Gasteiger charge is -2.09. The quantitative estimate of drug-likeness (QED) is 0.591. The molecule has 0 atom stereocenters. The fourth-order valence-electron chi connectivity index (χ4n) is 2.39. The van der Waals surface area contributed by atoms with Gasteiger partial charge >= 0.3 is 12.1 Å². The summed E-state index contributed by atoms with van der Waals surface area (Å²) in [5, 5.41) is 2.18. The van der Waals surface area contributed by atoms with E-state index in [0.29, 0.717) is 5.75 Å². The van der Waals surface area contributed by atoms with Crippen LogP contribution in [0.2, 0.25) is 0 Å². The fraction of sp³-hybridized carbons (Fsp3) is 0.150. The number of rotatable bonds is 5. The summed E-state index contributed by atoms with van der Waals surface area (Å²) in [5.41, 5.74) is 0.842. The number of hydrogen-bond donors (Lipinski definition) is 0. The van der Waals surface area contributed by atoms with Gasteiger partial charge in [0.2, 0.25) is 0 Å². The normalized spacial score (nSPS) is 11.3. The van der Waals surface area contributed by atoms with Crippen molar-refractivity contribution in [2.75, 3.05) is 6.61 Å². The maximum absolute atomic E-state index is 12.1. The third-order valence-corrected chi connectivity index (χ3v) is 3.68. The molecule has 0 radical (unpaired) electrons. The Kier molecular flexibility index (Phi) is 5.11. The van der Waals surface area contributed by atoms with Crippen LogP contribution in [0.4, 0.5) is 13.2 Å². The third-order valence-electron chi connectivity index (χ3n) is 3.68. The Labute approximate surface area is 148 Å². The third kappa shape index (κ3) is 4.75. The monoisotopic (exact) mass is 360 g/mol. The molecule has 0 amide bonds. The van der Waals surface area contributed by atoms with Gasteiger partial charge < -0.3 is 9.47 Å². The predicted octanol–water partition coefficient (Wildman–Crippen LogP) is 5.14. The highest BCUT2D eigenvalue weighted by Crippen LogP contribution is 2.21. The van der Waals surface area contributed by atoms with Crippen molar-refractivity contribution in [1.82, 2.24) is 0 Å². The van der Waals surface area contributed by atoms with Gasteiger partial charge in [0.15, 0.2) is 6.61 Å². The van der Waals surface area contributed by atoms with Crippen LogP contribution < -0.4 is 4.74 Å². The standard InChI is InChI=1S/C20H15F3O3/c21-20(22,23)13-26-19(24)16-7-5-14(6-8-16)12-25-18-10-9-15-3-1-2-4-17(15)11-18/h1-11H,12-13H2. The number of carbonyl (C=O) groups excluding carboxylic acids is 1. The van der Waals surface area contributed by atoms with Crippen LogP contribution in [0.25, 0.3) is 10.8 Å². The van der Waals surface area contributed by atoms with E-state index in [1.54, 1.807) is 12.1 Å². The Morgan fingerprint density at radius 3 is 2.27 bits per heavy atom. The highest BCUT2D eigenvalue weighted by atomic mass is 19.4. The zero-order valence-corrected chi connectivity index (χ0v) is 13.6. The molecule has 26 heavy (non-hydrogen) atoms. The van der Waals surface area contributed by atoms with Gasteiger partial charge in [-0.3, -0.25) is 0 Å². The largest absolute Gasteiger partial charge is 0.489 e. The van der Waals surface area contributed by atoms with E-state index < -0.39 is 18.8 Å². The molecule has 0 N–H and O–H groups in total. The van der Waals surface area contributed by atoms with E-state index in [1.165, 1.54) is 12.1 Å². The lowest BCUT2D eigenvalue weighted by molar-refractivity contribution is -0.161. The molecule has 0 aliphatic carbocycles. The first-order valence-corrected chi connectivity index (χ1v) is 7.85. The number of hydrogen-bond acceptors (Lipinski definition) is 3. The molecule has 3 nitrogen and oxygen atoms in total. The summed E-state index contributed by atoms with van der Waals surface area (Å²) in [6, 6.07) is 19.7. The van der Waals surface area contributed by atoms with Crippen LogP contribution in [-0.4, -0.2) is 18.8 Å². The maximum Gasteiger partial charge on any atom is 0.422 e. The molecular formula is C20H15F3O3. The van der Waals surface area contributed by atoms with Crippen molar-refractivity contribution in [3.63, 3.8) is 0 Å². The molecule has 0 bridgehead atoms. The van der Waals surface area contributed by atoms with E-state index >= 15 is 0 Å². The van der Waals surface area contributed by atoms with E-state index in [9.17, 15) is 18.0 Å². The van der Waals surface area contributed by atoms with Crippen LogP contribution in [0.15, 0.2) is 66.7 Å². The second kappa shape index (κ2) is 7.47. The van der Waals surface area contributed by atoms with Crippen molar-refractivity contribution in [3.05, 3.63) is 77.9 Å². The van der Waals surface area contributed by atoms with Crippen molar-refractivity contribution in [1.29, 1.82) is 0 Å². The minimum absolute atomic E-state index is 0.0590. The molecular weight excluding hydrogens is 345 g/mol. The smallest absolute Gasteiger partial charge is 0.422 e. The van der Waals surface area contributed by atoms with E-state index in [1.807, 2.05) is 42.5 Å². The molecule has 3 rings (SSSR count). The molecule has 0 fully saturated rings. The lowest BCUT2D eigenvalue weighted by Crippen LogP contribution is -2.20. The number of ether oxygens (including phenoxy) is 2. The van der Waals surface area contributed by atoms with Crippen molar-refractivity contribution >= 4 is 16.7 Å². The van der Waals surface area contributed by atoms with Crippen LogP contribution in [0, 0.1) is 0 Å². The number of alkyl halides is 3. The van der Waals surface area contributed by atoms with Gasteiger partial charge in [-0.1, -0.05) is 42.5 Å². The molecule has 3 aromatic carbocycles. The average Bonchev–Trinajstić information content (AvgIpc) is 2.64. The molecule has 134 valence electrons. The van der Waals surface area contributed by atoms with E-state index in [2.05, 4.69) is 4.74 Å². The van der Waals surface area contributed by atoms with Crippen LogP contribution in [-0.2, 0) is 11.3 Å². The zero-order chi connectivity index (χ0) is 18.6. The molecule has 0 heterocycles. The molecule has 0 aliphatic heterocycles. The topological polar surface area (TPSA) is 35.5 Å². The number of carbonyl (C=O) groups is 1. The fourth-order valence-corrected chi connectivity index (χ4v) is 2.39. The van der Waals surface area contributed by atoms with Crippen molar-refractivity contribution < 1.29 is 27.4 Å². The highest BCUT2D eigenvalue weighted by molar-refractivity contribution is 5.89. The van der Waals surface area contributed by atoms with Crippen LogP contribution >= 0.6 is 0 Å². The SMILES string of the molecule is O=C(OCC(F)(F)F)c1ccc(COc2ccc3ccccc3c2)cc1. The Balaban J connectivity index is 1.59. The summed E-state index contributed by atoms with van der Waals surface area (Å²) in [6.07, 6.45) is -4.54. The first-order chi connectivity index (χ1) is 12.4. The van der Waals surface area contributed by atoms with Crippen molar-refractivity contribution in [2.24, 2.45) is 0 Å². The minimum atomic E-state index is -4.54. The zero-order valence-electron chi connectivity index (χ0n) is 13.6. The van der Waals surface area contributed by atoms with Crippen molar-refractivity contribution in [3.8, 4) is 5.75 Å². The molecule has 0 spiro atoms. The molecule has 6 heteroatoms. The van der Waals surface area contributed by atoms with E-state index in [-0.39, 0.29) is 12.2 Å². The minimum Gasteiger partial charge on any atom is -0.489 e. The second-order valence-corrected chi connectivity index (χ2v) is 5.69. The van der Waals surface area contributed by atoms with Gasteiger partial charge in [0, 0.05) is 0 Å². The first-order valence-electron chi connectivity index (χ1n) is 7.85. The molecule has 0 saturated heterocycles. The summed E-state index contributed by atoms with van der Waals surface area (Å²) in [5.74, 6) is -0.304. The molecule has 3 aromatic rings. The highest BCUT2D eigenvalue weighted by Gasteiger charge is 2.29. The van der Waals surface area contributed by atoms with Gasteiger partial charge in [-0.05, 0) is 40.6 Å². The Bertz CT molecular complexity index is 902. The summed E-state index contributed by atoms with van der Waals surface area (Å²) in [7, 11) is 0. The number of halogens is 3. The predicted molar refractivity (Wildman–Crippen MR) is 91.1 cm³/mol. The van der Waals surface area contributed by atoms with Crippen LogP contribution in [0.1, 0.15) is 15.9 Å². The van der Waals surface area contributed by atoms with E-state index in [0.717, 1.165) is 16.3 Å².